The van der Waals surface area contributed by atoms with Crippen molar-refractivity contribution in [2.24, 2.45) is 5.92 Å². The van der Waals surface area contributed by atoms with Gasteiger partial charge in [0.25, 0.3) is 10.1 Å². The van der Waals surface area contributed by atoms with Crippen molar-refractivity contribution in [1.82, 2.24) is 0 Å². The molecule has 0 radical (unpaired) electrons. The summed E-state index contributed by atoms with van der Waals surface area (Å²) in [5.41, 5.74) is 0. The van der Waals surface area contributed by atoms with Crippen LogP contribution in [0.3, 0.4) is 0 Å². The predicted molar refractivity (Wildman–Crippen MR) is 128 cm³/mol. The van der Waals surface area contributed by atoms with Gasteiger partial charge in [0.15, 0.2) is 0 Å². The summed E-state index contributed by atoms with van der Waals surface area (Å²) in [5.74, 6) is -5.67. The van der Waals surface area contributed by atoms with Crippen LogP contribution in [0.4, 0.5) is 0 Å². The molecule has 0 spiro atoms. The van der Waals surface area contributed by atoms with Crippen molar-refractivity contribution < 1.29 is 32.8 Å². The SMILES string of the molecule is CCCCCCCCCCC(C(=O)[O-])C(CCCCCCCCCC)(C(=O)[O-])S(=O)(=O)O.[Ca+2]. The maximum absolute atomic E-state index is 12.2. The zero-order valence-corrected chi connectivity index (χ0v) is 23.8. The molecule has 0 aliphatic heterocycles. The number of hydrogen-bond acceptors (Lipinski definition) is 6. The topological polar surface area (TPSA) is 135 Å². The summed E-state index contributed by atoms with van der Waals surface area (Å²) in [6.07, 6.45) is 13.7. The van der Waals surface area contributed by atoms with Crippen LogP contribution in [0.25, 0.3) is 0 Å². The van der Waals surface area contributed by atoms with Crippen LogP contribution >= 0.6 is 0 Å². The van der Waals surface area contributed by atoms with Crippen LogP contribution in [-0.2, 0) is 19.7 Å². The van der Waals surface area contributed by atoms with Gasteiger partial charge in [0.1, 0.15) is 4.75 Å². The van der Waals surface area contributed by atoms with Gasteiger partial charge in [0, 0.05) is 11.9 Å². The molecule has 0 heterocycles. The summed E-state index contributed by atoms with van der Waals surface area (Å²) in [5, 5.41) is 23.7. The Bertz CT molecular complexity index is 624. The Morgan fingerprint density at radius 1 is 0.727 bits per heavy atom. The fourth-order valence-corrected chi connectivity index (χ4v) is 5.56. The van der Waals surface area contributed by atoms with E-state index < -0.39 is 39.1 Å². The Hall–Kier alpha value is 0.110. The molecule has 2 atom stereocenters. The van der Waals surface area contributed by atoms with Crippen LogP contribution < -0.4 is 10.2 Å². The van der Waals surface area contributed by atoms with Crippen LogP contribution in [-0.4, -0.2) is 67.4 Å². The van der Waals surface area contributed by atoms with Crippen molar-refractivity contribution in [3.05, 3.63) is 0 Å². The third kappa shape index (κ3) is 13.7. The van der Waals surface area contributed by atoms with Gasteiger partial charge in [-0.3, -0.25) is 4.55 Å². The molecule has 0 aromatic heterocycles. The largest absolute Gasteiger partial charge is 2.00 e. The number of carboxylic acids is 2. The molecule has 0 fully saturated rings. The van der Waals surface area contributed by atoms with Gasteiger partial charge in [-0.25, -0.2) is 0 Å². The second-order valence-corrected chi connectivity index (χ2v) is 10.7. The second kappa shape index (κ2) is 20.3. The van der Waals surface area contributed by atoms with Gasteiger partial charge in [-0.1, -0.05) is 117 Å². The first-order chi connectivity index (χ1) is 15.1. The molecule has 1 N–H and O–H groups in total. The van der Waals surface area contributed by atoms with E-state index in [2.05, 4.69) is 13.8 Å². The Balaban J connectivity index is 0. The Morgan fingerprint density at radius 2 is 1.09 bits per heavy atom. The van der Waals surface area contributed by atoms with Gasteiger partial charge in [-0.2, -0.15) is 8.42 Å². The summed E-state index contributed by atoms with van der Waals surface area (Å²) < 4.78 is 31.3. The molecular formula is C24H44CaO7S. The number of carbonyl (C=O) groups is 2. The van der Waals surface area contributed by atoms with E-state index in [1.54, 1.807) is 0 Å². The molecule has 33 heavy (non-hydrogen) atoms. The summed E-state index contributed by atoms with van der Waals surface area (Å²) in [4.78, 5) is 23.7. The molecule has 190 valence electrons. The average molecular weight is 517 g/mol. The van der Waals surface area contributed by atoms with Gasteiger partial charge in [0.05, 0.1) is 5.97 Å². The fourth-order valence-electron chi connectivity index (χ4n) is 4.38. The van der Waals surface area contributed by atoms with Gasteiger partial charge in [0.2, 0.25) is 0 Å². The third-order valence-electron chi connectivity index (χ3n) is 6.40. The Kier molecular flexibility index (Phi) is 21.7. The minimum absolute atomic E-state index is 0. The second-order valence-electron chi connectivity index (χ2n) is 9.01. The molecule has 0 saturated heterocycles. The number of rotatable bonds is 22. The Morgan fingerprint density at radius 3 is 1.42 bits per heavy atom. The molecule has 0 aliphatic rings. The summed E-state index contributed by atoms with van der Waals surface area (Å²) in [6, 6.07) is 0. The molecular weight excluding hydrogens is 472 g/mol. The molecule has 2 unspecified atom stereocenters. The summed E-state index contributed by atoms with van der Waals surface area (Å²) >= 11 is 0. The molecule has 0 aromatic rings. The van der Waals surface area contributed by atoms with Gasteiger partial charge in [-0.15, -0.1) is 0 Å². The van der Waals surface area contributed by atoms with Crippen molar-refractivity contribution in [3.63, 3.8) is 0 Å². The maximum Gasteiger partial charge on any atom is 2.00 e. The van der Waals surface area contributed by atoms with E-state index in [9.17, 15) is 32.8 Å². The van der Waals surface area contributed by atoms with E-state index in [0.717, 1.165) is 70.6 Å². The van der Waals surface area contributed by atoms with Gasteiger partial charge < -0.3 is 19.8 Å². The van der Waals surface area contributed by atoms with E-state index in [1.807, 2.05) is 0 Å². The molecule has 9 heteroatoms. The number of hydrogen-bond donors (Lipinski definition) is 1. The first-order valence-electron chi connectivity index (χ1n) is 12.5. The number of aliphatic carboxylic acids is 2. The van der Waals surface area contributed by atoms with Crippen molar-refractivity contribution in [2.45, 2.75) is 134 Å². The smallest absolute Gasteiger partial charge is 0.550 e. The number of carbonyl (C=O) groups excluding carboxylic acids is 2. The average Bonchev–Trinajstić information content (AvgIpc) is 2.71. The van der Waals surface area contributed by atoms with Crippen LogP contribution in [0.1, 0.15) is 129 Å². The van der Waals surface area contributed by atoms with Crippen molar-refractivity contribution in [3.8, 4) is 0 Å². The molecule has 0 aliphatic carbocycles. The quantitative estimate of drug-likeness (QED) is 0.132. The molecule has 0 rings (SSSR count). The third-order valence-corrected chi connectivity index (χ3v) is 7.98. The van der Waals surface area contributed by atoms with Crippen LogP contribution in [0, 0.1) is 5.92 Å². The van der Waals surface area contributed by atoms with Gasteiger partial charge >= 0.3 is 37.7 Å². The van der Waals surface area contributed by atoms with E-state index in [-0.39, 0.29) is 50.6 Å². The first kappa shape index (κ1) is 35.3. The summed E-state index contributed by atoms with van der Waals surface area (Å²) in [7, 11) is -5.22. The summed E-state index contributed by atoms with van der Waals surface area (Å²) in [6.45, 7) is 4.25. The van der Waals surface area contributed by atoms with Crippen LogP contribution in [0.15, 0.2) is 0 Å². The normalized spacial score (nSPS) is 14.3. The first-order valence-corrected chi connectivity index (χ1v) is 14.0. The maximum atomic E-state index is 12.2. The zero-order valence-electron chi connectivity index (χ0n) is 20.8. The monoisotopic (exact) mass is 516 g/mol. The minimum atomic E-state index is -5.22. The minimum Gasteiger partial charge on any atom is -0.550 e. The van der Waals surface area contributed by atoms with Crippen molar-refractivity contribution >= 4 is 59.8 Å². The van der Waals surface area contributed by atoms with Crippen LogP contribution in [0.2, 0.25) is 0 Å². The molecule has 0 aromatic carbocycles. The fraction of sp³-hybridized carbons (Fsp3) is 0.917. The zero-order chi connectivity index (χ0) is 24.5. The van der Waals surface area contributed by atoms with Crippen molar-refractivity contribution in [1.29, 1.82) is 0 Å². The number of unbranched alkanes of at least 4 members (excludes halogenated alkanes) is 14. The van der Waals surface area contributed by atoms with Gasteiger partial charge in [-0.05, 0) is 12.8 Å². The standard InChI is InChI=1S/C24H46O7S.Ca/c1-3-5-7-9-11-13-15-17-19-21(22(25)26)24(23(27)28,32(29,30)31)20-18-16-14-12-10-8-6-4-2;/h21H,3-20H2,1-2H3,(H,25,26)(H,27,28)(H,29,30,31);/q;+2/p-2. The molecule has 0 amide bonds. The van der Waals surface area contributed by atoms with E-state index >= 15 is 0 Å². The van der Waals surface area contributed by atoms with Crippen LogP contribution in [0.5, 0.6) is 0 Å². The van der Waals surface area contributed by atoms with E-state index in [1.165, 1.54) is 6.42 Å². The molecule has 0 bridgehead atoms. The Labute approximate surface area is 231 Å². The number of carboxylic acid groups (broad SMARTS) is 2. The van der Waals surface area contributed by atoms with Crippen molar-refractivity contribution in [2.75, 3.05) is 0 Å². The van der Waals surface area contributed by atoms with E-state index in [4.69, 9.17) is 0 Å². The molecule has 7 nitrogen and oxygen atoms in total. The van der Waals surface area contributed by atoms with E-state index in [0.29, 0.717) is 19.3 Å². The molecule has 0 saturated carbocycles. The predicted octanol–water partition coefficient (Wildman–Crippen LogP) is 3.41.